The second-order valence-corrected chi connectivity index (χ2v) is 13.1. The van der Waals surface area contributed by atoms with E-state index in [0.29, 0.717) is 25.1 Å². The van der Waals surface area contributed by atoms with Crippen LogP contribution in [-0.2, 0) is 36.8 Å². The molecule has 0 aliphatic heterocycles. The molecule has 3 rings (SSSR count). The highest BCUT2D eigenvalue weighted by atomic mass is 16.4. The van der Waals surface area contributed by atoms with Gasteiger partial charge >= 0.3 is 5.97 Å². The molecule has 3 aromatic rings. The predicted molar refractivity (Wildman–Crippen MR) is 185 cm³/mol. The molecule has 0 spiro atoms. The van der Waals surface area contributed by atoms with E-state index in [9.17, 15) is 29.1 Å². The summed E-state index contributed by atoms with van der Waals surface area (Å²) in [6.07, 6.45) is 6.62. The van der Waals surface area contributed by atoms with Crippen LogP contribution in [0.15, 0.2) is 43.0 Å². The van der Waals surface area contributed by atoms with Crippen molar-refractivity contribution in [2.24, 2.45) is 23.3 Å². The number of fused-ring (bicyclic) bond motifs is 1. The zero-order valence-electron chi connectivity index (χ0n) is 28.6. The van der Waals surface area contributed by atoms with Gasteiger partial charge in [0, 0.05) is 41.8 Å². The van der Waals surface area contributed by atoms with Crippen molar-refractivity contribution in [1.82, 2.24) is 36.2 Å². The van der Waals surface area contributed by atoms with Gasteiger partial charge in [0.15, 0.2) is 0 Å². The lowest BCUT2D eigenvalue weighted by molar-refractivity contribution is -0.143. The first-order valence-corrected chi connectivity index (χ1v) is 16.7. The van der Waals surface area contributed by atoms with E-state index in [2.05, 4.69) is 36.2 Å². The van der Waals surface area contributed by atoms with Crippen LogP contribution in [0, 0.1) is 11.8 Å². The number of carbonyl (C=O) groups is 5. The summed E-state index contributed by atoms with van der Waals surface area (Å²) in [5, 5.41) is 21.3. The van der Waals surface area contributed by atoms with Crippen LogP contribution in [0.25, 0.3) is 10.9 Å². The molecule has 2 heterocycles. The fraction of sp³-hybridized carbons (Fsp3) is 0.529. The molecule has 4 amide bonds. The van der Waals surface area contributed by atoms with Crippen LogP contribution >= 0.6 is 0 Å². The van der Waals surface area contributed by atoms with Gasteiger partial charge in [0.05, 0.1) is 12.4 Å². The Morgan fingerprint density at radius 1 is 0.837 bits per heavy atom. The average Bonchev–Trinajstić information content (AvgIpc) is 3.71. The van der Waals surface area contributed by atoms with Crippen molar-refractivity contribution in [3.8, 4) is 0 Å². The Labute approximate surface area is 286 Å². The molecule has 0 aliphatic rings. The number of nitrogens with zero attached hydrogens (tertiary/aromatic N) is 1. The predicted octanol–water partition coefficient (Wildman–Crippen LogP) is 0.858. The minimum absolute atomic E-state index is 0.0395. The number of nitrogens with one attached hydrogen (secondary N) is 6. The van der Waals surface area contributed by atoms with Crippen molar-refractivity contribution in [2.75, 3.05) is 6.54 Å². The first-order chi connectivity index (χ1) is 23.3. The molecule has 0 radical (unpaired) electrons. The van der Waals surface area contributed by atoms with Gasteiger partial charge in [0.1, 0.15) is 24.2 Å². The Hall–Kier alpha value is -4.76. The number of imidazole rings is 1. The first kappa shape index (κ1) is 38.7. The number of carbonyl (C=O) groups excluding carboxylic acids is 4. The summed E-state index contributed by atoms with van der Waals surface area (Å²) in [5.41, 5.74) is 14.1. The molecule has 0 aliphatic carbocycles. The Morgan fingerprint density at radius 2 is 1.49 bits per heavy atom. The standard InChI is InChI=1S/C34H51N9O6/c1-19(2)13-27(32(46)40-26(11-7-8-12-35)31(45)43-29(20(3)4)34(48)49)42-33(47)28(14-21-16-38-25-10-6-5-9-23(21)25)41-30(44)24(36)15-22-17-37-18-39-22/h5-6,9-10,16-20,24,26-29,38H,7-8,11-15,35-36H2,1-4H3,(H,37,39)(H,40,46)(H,41,44)(H,42,47)(H,43,45)(H,48,49)/t24-,26-,27-,28-,29-/m0/s1. The van der Waals surface area contributed by atoms with Gasteiger partial charge < -0.3 is 47.8 Å². The number of carboxylic acids is 1. The summed E-state index contributed by atoms with van der Waals surface area (Å²) in [6.45, 7) is 7.50. The summed E-state index contributed by atoms with van der Waals surface area (Å²) < 4.78 is 0. The van der Waals surface area contributed by atoms with Crippen molar-refractivity contribution < 1.29 is 29.1 Å². The zero-order chi connectivity index (χ0) is 36.1. The first-order valence-electron chi connectivity index (χ1n) is 16.7. The lowest BCUT2D eigenvalue weighted by atomic mass is 9.99. The average molecular weight is 682 g/mol. The molecular weight excluding hydrogens is 630 g/mol. The summed E-state index contributed by atoms with van der Waals surface area (Å²) in [4.78, 5) is 76.1. The molecule has 5 atom stereocenters. The van der Waals surface area contributed by atoms with E-state index in [-0.39, 0.29) is 31.6 Å². The monoisotopic (exact) mass is 681 g/mol. The van der Waals surface area contributed by atoms with Gasteiger partial charge in [-0.25, -0.2) is 9.78 Å². The Balaban J connectivity index is 1.84. The SMILES string of the molecule is CC(C)C[C@H](NC(=O)[C@H](Cc1c[nH]c2ccccc12)NC(=O)[C@@H](N)Cc1cnc[nH]1)C(=O)N[C@@H](CCCCN)C(=O)N[C@H](C(=O)O)C(C)C. The number of amides is 4. The smallest absolute Gasteiger partial charge is 0.326 e. The molecule has 49 heavy (non-hydrogen) atoms. The number of benzene rings is 1. The van der Waals surface area contributed by atoms with Crippen molar-refractivity contribution in [3.05, 3.63) is 54.2 Å². The van der Waals surface area contributed by atoms with Crippen LogP contribution < -0.4 is 32.7 Å². The lowest BCUT2D eigenvalue weighted by Gasteiger charge is -2.27. The summed E-state index contributed by atoms with van der Waals surface area (Å²) >= 11 is 0. The number of unbranched alkanes of at least 4 members (excludes halogenated alkanes) is 1. The number of hydrogen-bond acceptors (Lipinski definition) is 8. The zero-order valence-corrected chi connectivity index (χ0v) is 28.6. The maximum atomic E-state index is 14.0. The molecule has 11 N–H and O–H groups in total. The van der Waals surface area contributed by atoms with Crippen molar-refractivity contribution >= 4 is 40.5 Å². The van der Waals surface area contributed by atoms with E-state index in [4.69, 9.17) is 11.5 Å². The van der Waals surface area contributed by atoms with Crippen LogP contribution in [0.1, 0.15) is 64.6 Å². The van der Waals surface area contributed by atoms with E-state index in [0.717, 1.165) is 16.5 Å². The van der Waals surface area contributed by atoms with E-state index in [1.54, 1.807) is 26.2 Å². The molecule has 0 bridgehead atoms. The lowest BCUT2D eigenvalue weighted by Crippen LogP contribution is -2.59. The Kier molecular flexibility index (Phi) is 14.8. The van der Waals surface area contributed by atoms with Gasteiger partial charge in [0.2, 0.25) is 23.6 Å². The van der Waals surface area contributed by atoms with Gasteiger partial charge in [-0.05, 0) is 55.7 Å². The van der Waals surface area contributed by atoms with Crippen molar-refractivity contribution in [2.45, 2.75) is 96.4 Å². The topological polar surface area (TPSA) is 250 Å². The van der Waals surface area contributed by atoms with Gasteiger partial charge in [-0.1, -0.05) is 45.9 Å². The normalized spacial score (nSPS) is 14.5. The third-order valence-electron chi connectivity index (χ3n) is 8.21. The number of nitrogens with two attached hydrogens (primary N) is 2. The van der Waals surface area contributed by atoms with E-state index in [1.165, 1.54) is 6.33 Å². The highest BCUT2D eigenvalue weighted by molar-refractivity contribution is 5.96. The number of carboxylic acid groups (broad SMARTS) is 1. The second-order valence-electron chi connectivity index (χ2n) is 13.1. The molecule has 268 valence electrons. The molecule has 0 saturated carbocycles. The van der Waals surface area contributed by atoms with Crippen LogP contribution in [0.2, 0.25) is 0 Å². The van der Waals surface area contributed by atoms with Gasteiger partial charge in [-0.2, -0.15) is 0 Å². The highest BCUT2D eigenvalue weighted by Gasteiger charge is 2.33. The Morgan fingerprint density at radius 3 is 2.12 bits per heavy atom. The number of aliphatic carboxylic acids is 1. The second kappa shape index (κ2) is 18.7. The molecule has 2 aromatic heterocycles. The summed E-state index contributed by atoms with van der Waals surface area (Å²) in [7, 11) is 0. The van der Waals surface area contributed by atoms with Crippen LogP contribution in [-0.4, -0.2) is 86.4 Å². The maximum Gasteiger partial charge on any atom is 0.326 e. The number of H-pyrrole nitrogens is 2. The minimum Gasteiger partial charge on any atom is -0.480 e. The summed E-state index contributed by atoms with van der Waals surface area (Å²) in [6, 6.07) is 2.18. The quantitative estimate of drug-likeness (QED) is 0.0766. The number of aromatic nitrogens is 3. The van der Waals surface area contributed by atoms with Crippen LogP contribution in [0.3, 0.4) is 0 Å². The molecule has 0 unspecified atom stereocenters. The molecule has 1 aromatic carbocycles. The van der Waals surface area contributed by atoms with Crippen LogP contribution in [0.4, 0.5) is 0 Å². The van der Waals surface area contributed by atoms with Gasteiger partial charge in [-0.15, -0.1) is 0 Å². The van der Waals surface area contributed by atoms with Gasteiger partial charge in [-0.3, -0.25) is 19.2 Å². The molecule has 15 nitrogen and oxygen atoms in total. The third-order valence-corrected chi connectivity index (χ3v) is 8.21. The largest absolute Gasteiger partial charge is 0.480 e. The van der Waals surface area contributed by atoms with Gasteiger partial charge in [0.25, 0.3) is 0 Å². The molecule has 0 saturated heterocycles. The fourth-order valence-electron chi connectivity index (χ4n) is 5.51. The molecule has 15 heteroatoms. The maximum absolute atomic E-state index is 14.0. The number of hydrogen-bond donors (Lipinski definition) is 9. The molecular formula is C34H51N9O6. The van der Waals surface area contributed by atoms with Crippen molar-refractivity contribution in [1.29, 1.82) is 0 Å². The fourth-order valence-corrected chi connectivity index (χ4v) is 5.51. The van der Waals surface area contributed by atoms with E-state index < -0.39 is 65.7 Å². The summed E-state index contributed by atoms with van der Waals surface area (Å²) in [5.74, 6) is -4.05. The van der Waals surface area contributed by atoms with Crippen molar-refractivity contribution in [3.63, 3.8) is 0 Å². The van der Waals surface area contributed by atoms with E-state index >= 15 is 0 Å². The Bertz CT molecular complexity index is 1540. The minimum atomic E-state index is -1.19. The third kappa shape index (κ3) is 11.7. The number of rotatable bonds is 20. The number of aromatic amines is 2. The number of para-hydroxylation sites is 1. The molecule has 0 fully saturated rings. The van der Waals surface area contributed by atoms with Crippen LogP contribution in [0.5, 0.6) is 0 Å². The van der Waals surface area contributed by atoms with E-state index in [1.807, 2.05) is 38.1 Å². The highest BCUT2D eigenvalue weighted by Crippen LogP contribution is 2.20.